The Kier molecular flexibility index (Phi) is 7.21. The first-order chi connectivity index (χ1) is 10.9. The number of esters is 3. The lowest BCUT2D eigenvalue weighted by atomic mass is 10.1. The Bertz CT molecular complexity index is 580. The molecule has 0 aromatic heterocycles. The predicted octanol–water partition coefficient (Wildman–Crippen LogP) is 1.72. The second-order valence-corrected chi connectivity index (χ2v) is 4.85. The third kappa shape index (κ3) is 5.71. The van der Waals surface area contributed by atoms with Crippen LogP contribution in [0.3, 0.4) is 0 Å². The molecule has 0 radical (unpaired) electrons. The Morgan fingerprint density at radius 3 is 2.39 bits per heavy atom. The summed E-state index contributed by atoms with van der Waals surface area (Å²) in [5, 5.41) is 0. The van der Waals surface area contributed by atoms with Gasteiger partial charge in [0, 0.05) is 12.5 Å². The smallest absolute Gasteiger partial charge is 0.337 e. The molecular weight excluding hydrogens is 304 g/mol. The molecule has 0 amide bonds. The molecule has 0 aliphatic carbocycles. The summed E-state index contributed by atoms with van der Waals surface area (Å²) in [6.45, 7) is 3.14. The Labute approximate surface area is 134 Å². The van der Waals surface area contributed by atoms with E-state index in [0.29, 0.717) is 11.1 Å². The maximum absolute atomic E-state index is 11.6. The van der Waals surface area contributed by atoms with Gasteiger partial charge in [-0.05, 0) is 25.1 Å². The Balaban J connectivity index is 2.85. The number of ether oxygens (including phenoxy) is 4. The van der Waals surface area contributed by atoms with Gasteiger partial charge in [-0.25, -0.2) is 4.79 Å². The first-order valence-electron chi connectivity index (χ1n) is 6.94. The molecule has 1 atom stereocenters. The second-order valence-electron chi connectivity index (χ2n) is 4.85. The molecule has 0 aliphatic rings. The van der Waals surface area contributed by atoms with Crippen LogP contribution in [0.25, 0.3) is 0 Å². The van der Waals surface area contributed by atoms with Gasteiger partial charge in [-0.3, -0.25) is 9.59 Å². The monoisotopic (exact) mass is 324 g/mol. The number of benzene rings is 1. The average molecular weight is 324 g/mol. The van der Waals surface area contributed by atoms with Gasteiger partial charge in [0.05, 0.1) is 38.9 Å². The fourth-order valence-electron chi connectivity index (χ4n) is 1.81. The highest BCUT2D eigenvalue weighted by Gasteiger charge is 2.15. The molecule has 23 heavy (non-hydrogen) atoms. The number of rotatable bonds is 7. The molecule has 7 heteroatoms. The predicted molar refractivity (Wildman–Crippen MR) is 79.9 cm³/mol. The van der Waals surface area contributed by atoms with Crippen LogP contribution in [0.2, 0.25) is 0 Å². The number of hydrogen-bond acceptors (Lipinski definition) is 7. The summed E-state index contributed by atoms with van der Waals surface area (Å²) >= 11 is 0. The van der Waals surface area contributed by atoms with Crippen molar-refractivity contribution in [3.8, 4) is 5.75 Å². The van der Waals surface area contributed by atoms with E-state index in [4.69, 9.17) is 9.47 Å². The van der Waals surface area contributed by atoms with Gasteiger partial charge in [0.2, 0.25) is 0 Å². The summed E-state index contributed by atoms with van der Waals surface area (Å²) in [6.07, 6.45) is 0. The van der Waals surface area contributed by atoms with Crippen LogP contribution in [0.1, 0.15) is 29.8 Å². The van der Waals surface area contributed by atoms with E-state index in [-0.39, 0.29) is 24.9 Å². The zero-order chi connectivity index (χ0) is 17.4. The van der Waals surface area contributed by atoms with Crippen molar-refractivity contribution in [2.24, 2.45) is 5.92 Å². The standard InChI is InChI=1S/C16H20O7/c1-10(15(18)20-3)8-22-9-13-7-12(16(19)21-4)5-6-14(13)23-11(2)17/h5-7,10H,8-9H2,1-4H3/t10-/m1/s1. The molecule has 0 fully saturated rings. The molecule has 0 aliphatic heterocycles. The average Bonchev–Trinajstić information content (AvgIpc) is 2.53. The molecule has 0 heterocycles. The first-order valence-corrected chi connectivity index (χ1v) is 6.94. The van der Waals surface area contributed by atoms with E-state index < -0.39 is 17.9 Å². The fourth-order valence-corrected chi connectivity index (χ4v) is 1.81. The minimum absolute atomic E-state index is 0.0643. The van der Waals surface area contributed by atoms with Gasteiger partial charge < -0.3 is 18.9 Å². The molecule has 0 saturated heterocycles. The van der Waals surface area contributed by atoms with Crippen LogP contribution in [-0.4, -0.2) is 38.7 Å². The summed E-state index contributed by atoms with van der Waals surface area (Å²) in [5.74, 6) is -1.52. The van der Waals surface area contributed by atoms with Crippen LogP contribution in [-0.2, 0) is 30.4 Å². The Morgan fingerprint density at radius 2 is 1.83 bits per heavy atom. The first kappa shape index (κ1) is 18.6. The molecule has 0 N–H and O–H groups in total. The van der Waals surface area contributed by atoms with Crippen LogP contribution in [0, 0.1) is 5.92 Å². The fraction of sp³-hybridized carbons (Fsp3) is 0.438. The second kappa shape index (κ2) is 8.89. The van der Waals surface area contributed by atoms with Crippen molar-refractivity contribution in [3.63, 3.8) is 0 Å². The van der Waals surface area contributed by atoms with Crippen molar-refractivity contribution < 1.29 is 33.3 Å². The van der Waals surface area contributed by atoms with E-state index >= 15 is 0 Å². The Hall–Kier alpha value is -2.41. The lowest BCUT2D eigenvalue weighted by Crippen LogP contribution is -2.18. The van der Waals surface area contributed by atoms with Crippen molar-refractivity contribution >= 4 is 17.9 Å². The molecule has 0 unspecified atom stereocenters. The van der Waals surface area contributed by atoms with Crippen molar-refractivity contribution in [1.82, 2.24) is 0 Å². The highest BCUT2D eigenvalue weighted by atomic mass is 16.5. The van der Waals surface area contributed by atoms with Gasteiger partial charge in [0.25, 0.3) is 0 Å². The molecule has 7 nitrogen and oxygen atoms in total. The van der Waals surface area contributed by atoms with Crippen molar-refractivity contribution in [2.75, 3.05) is 20.8 Å². The summed E-state index contributed by atoms with van der Waals surface area (Å²) < 4.78 is 19.8. The zero-order valence-electron chi connectivity index (χ0n) is 13.6. The molecule has 1 rings (SSSR count). The van der Waals surface area contributed by atoms with E-state index in [0.717, 1.165) is 0 Å². The minimum Gasteiger partial charge on any atom is -0.469 e. The highest BCUT2D eigenvalue weighted by Crippen LogP contribution is 2.22. The topological polar surface area (TPSA) is 88.1 Å². The van der Waals surface area contributed by atoms with Crippen molar-refractivity contribution in [3.05, 3.63) is 29.3 Å². The normalized spacial score (nSPS) is 11.5. The largest absolute Gasteiger partial charge is 0.469 e. The van der Waals surface area contributed by atoms with Crippen LogP contribution in [0.5, 0.6) is 5.75 Å². The molecular formula is C16H20O7. The molecule has 1 aromatic rings. The summed E-state index contributed by atoms with van der Waals surface area (Å²) in [6, 6.07) is 4.51. The van der Waals surface area contributed by atoms with Gasteiger partial charge in [0.1, 0.15) is 5.75 Å². The van der Waals surface area contributed by atoms with Crippen molar-refractivity contribution in [2.45, 2.75) is 20.5 Å². The highest BCUT2D eigenvalue weighted by molar-refractivity contribution is 5.89. The van der Waals surface area contributed by atoms with Gasteiger partial charge in [-0.1, -0.05) is 0 Å². The molecule has 126 valence electrons. The van der Waals surface area contributed by atoms with Crippen LogP contribution in [0.15, 0.2) is 18.2 Å². The van der Waals surface area contributed by atoms with E-state index in [9.17, 15) is 14.4 Å². The third-order valence-corrected chi connectivity index (χ3v) is 2.96. The van der Waals surface area contributed by atoms with Gasteiger partial charge in [-0.15, -0.1) is 0 Å². The van der Waals surface area contributed by atoms with E-state index in [1.54, 1.807) is 6.92 Å². The SMILES string of the molecule is COC(=O)c1ccc(OC(C)=O)c(COC[C@@H](C)C(=O)OC)c1. The minimum atomic E-state index is -0.511. The lowest BCUT2D eigenvalue weighted by Gasteiger charge is -2.13. The van der Waals surface area contributed by atoms with E-state index in [1.165, 1.54) is 39.3 Å². The molecule has 0 bridgehead atoms. The molecule has 0 saturated carbocycles. The van der Waals surface area contributed by atoms with Crippen molar-refractivity contribution in [1.29, 1.82) is 0 Å². The molecule has 1 aromatic carbocycles. The van der Waals surface area contributed by atoms with Crippen LogP contribution >= 0.6 is 0 Å². The number of carbonyl (C=O) groups excluding carboxylic acids is 3. The third-order valence-electron chi connectivity index (χ3n) is 2.96. The van der Waals surface area contributed by atoms with Crippen LogP contribution in [0.4, 0.5) is 0 Å². The van der Waals surface area contributed by atoms with E-state index in [2.05, 4.69) is 9.47 Å². The van der Waals surface area contributed by atoms with Crippen LogP contribution < -0.4 is 4.74 Å². The summed E-state index contributed by atoms with van der Waals surface area (Å²) in [7, 11) is 2.58. The molecule has 0 spiro atoms. The lowest BCUT2D eigenvalue weighted by molar-refractivity contribution is -0.147. The quantitative estimate of drug-likeness (QED) is 0.557. The maximum Gasteiger partial charge on any atom is 0.337 e. The number of methoxy groups -OCH3 is 2. The summed E-state index contributed by atoms with van der Waals surface area (Å²) in [4.78, 5) is 34.0. The van der Waals surface area contributed by atoms with Gasteiger partial charge in [-0.2, -0.15) is 0 Å². The number of hydrogen-bond donors (Lipinski definition) is 0. The zero-order valence-corrected chi connectivity index (χ0v) is 13.6. The van der Waals surface area contributed by atoms with Gasteiger partial charge in [0.15, 0.2) is 0 Å². The Morgan fingerprint density at radius 1 is 1.13 bits per heavy atom. The maximum atomic E-state index is 11.6. The number of carbonyl (C=O) groups is 3. The van der Waals surface area contributed by atoms with Gasteiger partial charge >= 0.3 is 17.9 Å². The van der Waals surface area contributed by atoms with E-state index in [1.807, 2.05) is 0 Å². The summed E-state index contributed by atoms with van der Waals surface area (Å²) in [5.41, 5.74) is 0.809.